The molecule has 0 radical (unpaired) electrons. The average molecular weight is 496 g/mol. The van der Waals surface area contributed by atoms with Crippen molar-refractivity contribution in [3.63, 3.8) is 0 Å². The van der Waals surface area contributed by atoms with E-state index in [1.54, 1.807) is 7.11 Å². The van der Waals surface area contributed by atoms with Gasteiger partial charge >= 0.3 is 0 Å². The van der Waals surface area contributed by atoms with Gasteiger partial charge in [-0.25, -0.2) is 8.78 Å². The van der Waals surface area contributed by atoms with Crippen molar-refractivity contribution >= 4 is 23.4 Å². The highest BCUT2D eigenvalue weighted by atomic mass is 35.5. The Labute approximate surface area is 199 Å². The summed E-state index contributed by atoms with van der Waals surface area (Å²) in [5, 5.41) is 12.1. The number of allylic oxidation sites excluding steroid dienone is 1. The summed E-state index contributed by atoms with van der Waals surface area (Å²) in [7, 11) is 1.62. The molecule has 11 heteroatoms. The van der Waals surface area contributed by atoms with Crippen LogP contribution in [0.15, 0.2) is 35.3 Å². The van der Waals surface area contributed by atoms with Crippen molar-refractivity contribution in [2.24, 2.45) is 0 Å². The summed E-state index contributed by atoms with van der Waals surface area (Å²) in [4.78, 5) is 39.5. The molecule has 182 valence electrons. The second-order valence-electron chi connectivity index (χ2n) is 7.64. The number of benzene rings is 1. The molecule has 0 saturated heterocycles. The molecule has 0 aliphatic carbocycles. The smallest absolute Gasteiger partial charge is 0.274 e. The van der Waals surface area contributed by atoms with Gasteiger partial charge in [-0.2, -0.15) is 0 Å². The number of pyridine rings is 1. The monoisotopic (exact) mass is 495 g/mol. The number of aromatic nitrogens is 1. The molecule has 0 atom stereocenters. The van der Waals surface area contributed by atoms with Gasteiger partial charge in [0.1, 0.15) is 22.2 Å². The van der Waals surface area contributed by atoms with Gasteiger partial charge in [0.05, 0.1) is 0 Å². The highest BCUT2D eigenvalue weighted by molar-refractivity contribution is 6.30. The van der Waals surface area contributed by atoms with Gasteiger partial charge in [-0.3, -0.25) is 14.4 Å². The Morgan fingerprint density at radius 2 is 2.03 bits per heavy atom. The first-order valence-electron chi connectivity index (χ1n) is 10.6. The minimum Gasteiger partial charge on any atom is -0.503 e. The van der Waals surface area contributed by atoms with Crippen LogP contribution in [0.1, 0.15) is 39.3 Å². The van der Waals surface area contributed by atoms with Crippen LogP contribution in [-0.4, -0.2) is 53.2 Å². The molecule has 1 aromatic carbocycles. The Kier molecular flexibility index (Phi) is 8.41. The summed E-state index contributed by atoms with van der Waals surface area (Å²) in [5.41, 5.74) is -1.71. The van der Waals surface area contributed by atoms with Gasteiger partial charge < -0.3 is 24.6 Å². The molecule has 2 N–H and O–H groups in total. The Morgan fingerprint density at radius 1 is 1.26 bits per heavy atom. The molecule has 1 aliphatic rings. The second-order valence-corrected chi connectivity index (χ2v) is 8.02. The summed E-state index contributed by atoms with van der Waals surface area (Å²) >= 11 is 5.53. The normalized spacial score (nSPS) is 13.4. The van der Waals surface area contributed by atoms with Crippen LogP contribution in [0.25, 0.3) is 0 Å². The van der Waals surface area contributed by atoms with Crippen molar-refractivity contribution in [3.05, 3.63) is 74.2 Å². The number of nitrogens with one attached hydrogen (secondary N) is 1. The fourth-order valence-corrected chi connectivity index (χ4v) is 3.69. The van der Waals surface area contributed by atoms with E-state index in [2.05, 4.69) is 5.32 Å². The van der Waals surface area contributed by atoms with Gasteiger partial charge in [0.15, 0.2) is 11.4 Å². The fraction of sp³-hybridized carbons (Fsp3) is 0.348. The Morgan fingerprint density at radius 3 is 2.76 bits per heavy atom. The van der Waals surface area contributed by atoms with Crippen molar-refractivity contribution in [3.8, 4) is 5.75 Å². The first-order valence-corrected chi connectivity index (χ1v) is 10.9. The summed E-state index contributed by atoms with van der Waals surface area (Å²) in [6.07, 6.45) is 6.60. The first-order chi connectivity index (χ1) is 16.3. The molecule has 0 saturated carbocycles. The lowest BCUT2D eigenvalue weighted by atomic mass is 10.1. The van der Waals surface area contributed by atoms with E-state index < -0.39 is 45.2 Å². The van der Waals surface area contributed by atoms with Crippen LogP contribution in [0.4, 0.5) is 8.78 Å². The lowest BCUT2D eigenvalue weighted by Crippen LogP contribution is -2.42. The van der Waals surface area contributed by atoms with E-state index >= 15 is 0 Å². The second kappa shape index (κ2) is 11.3. The number of hydrogen-bond acceptors (Lipinski definition) is 5. The van der Waals surface area contributed by atoms with Crippen molar-refractivity contribution in [2.45, 2.75) is 25.9 Å². The zero-order valence-electron chi connectivity index (χ0n) is 18.4. The topological polar surface area (TPSA) is 101 Å². The Hall–Kier alpha value is -3.24. The number of amides is 2. The van der Waals surface area contributed by atoms with E-state index in [4.69, 9.17) is 16.3 Å². The standard InChI is InChI=1S/C23H24ClF2N3O5/c1-34-11-5-3-2-4-8-28-9-10-29-13-15(20(30)21(31)19(29)23(28)33)22(32)27-12-14-6-7-16(25)17(24)18(14)26/h2,4,6-7,13,31H,3,5,8-12H2,1H3,(H,27,32)/b4-2-. The molecule has 0 fully saturated rings. The van der Waals surface area contributed by atoms with Gasteiger partial charge in [0.25, 0.3) is 11.8 Å². The number of hydrogen-bond donors (Lipinski definition) is 2. The Balaban J connectivity index is 1.73. The van der Waals surface area contributed by atoms with Crippen molar-refractivity contribution < 1.29 is 28.2 Å². The van der Waals surface area contributed by atoms with Gasteiger partial charge in [0.2, 0.25) is 5.43 Å². The number of carbonyl (C=O) groups excluding carboxylic acids is 2. The van der Waals surface area contributed by atoms with E-state index in [0.717, 1.165) is 25.0 Å². The van der Waals surface area contributed by atoms with Gasteiger partial charge in [0, 0.05) is 51.7 Å². The predicted octanol–water partition coefficient (Wildman–Crippen LogP) is 2.85. The fourth-order valence-electron chi connectivity index (χ4n) is 3.50. The summed E-state index contributed by atoms with van der Waals surface area (Å²) in [5.74, 6) is -4.21. The molecule has 0 spiro atoms. The van der Waals surface area contributed by atoms with Crippen LogP contribution in [0, 0.1) is 11.6 Å². The number of unbranched alkanes of at least 4 members (excludes halogenated alkanes) is 1. The SMILES string of the molecule is COCCC/C=C\CN1CCn2cc(C(=O)NCc3ccc(F)c(Cl)c3F)c(=O)c(O)c2C1=O. The third-order valence-corrected chi connectivity index (χ3v) is 5.71. The summed E-state index contributed by atoms with van der Waals surface area (Å²) < 4.78 is 33.7. The van der Waals surface area contributed by atoms with Crippen LogP contribution < -0.4 is 10.7 Å². The molecule has 0 bridgehead atoms. The van der Waals surface area contributed by atoms with Gasteiger partial charge in [-0.05, 0) is 18.9 Å². The summed E-state index contributed by atoms with van der Waals surface area (Å²) in [6.45, 7) is 1.16. The van der Waals surface area contributed by atoms with Crippen LogP contribution >= 0.6 is 11.6 Å². The number of aromatic hydroxyl groups is 1. The maximum Gasteiger partial charge on any atom is 0.274 e. The predicted molar refractivity (Wildman–Crippen MR) is 121 cm³/mol. The molecule has 1 aromatic heterocycles. The van der Waals surface area contributed by atoms with Crippen molar-refractivity contribution in [2.75, 3.05) is 26.8 Å². The number of halogens is 3. The van der Waals surface area contributed by atoms with Crippen molar-refractivity contribution in [1.82, 2.24) is 14.8 Å². The number of rotatable bonds is 9. The molecule has 34 heavy (non-hydrogen) atoms. The maximum atomic E-state index is 14.0. The third kappa shape index (κ3) is 5.45. The average Bonchev–Trinajstić information content (AvgIpc) is 2.82. The molecule has 3 rings (SSSR count). The summed E-state index contributed by atoms with van der Waals surface area (Å²) in [6, 6.07) is 2.08. The molecule has 1 aliphatic heterocycles. The number of carbonyl (C=O) groups is 2. The zero-order valence-corrected chi connectivity index (χ0v) is 19.2. The van der Waals surface area contributed by atoms with Crippen LogP contribution in [-0.2, 0) is 17.8 Å². The quantitative estimate of drug-likeness (QED) is 0.316. The first kappa shape index (κ1) is 25.4. The Bertz CT molecular complexity index is 1180. The highest BCUT2D eigenvalue weighted by Crippen LogP contribution is 2.23. The number of fused-ring (bicyclic) bond motifs is 1. The van der Waals surface area contributed by atoms with Crippen LogP contribution in [0.3, 0.4) is 0 Å². The van der Waals surface area contributed by atoms with E-state index in [1.807, 2.05) is 12.2 Å². The molecule has 2 amide bonds. The third-order valence-electron chi connectivity index (χ3n) is 5.37. The number of methoxy groups -OCH3 is 1. The lowest BCUT2D eigenvalue weighted by Gasteiger charge is -2.29. The molecule has 8 nitrogen and oxygen atoms in total. The highest BCUT2D eigenvalue weighted by Gasteiger charge is 2.30. The molecule has 0 unspecified atom stereocenters. The lowest BCUT2D eigenvalue weighted by molar-refractivity contribution is 0.0716. The number of nitrogens with zero attached hydrogens (tertiary/aromatic N) is 2. The van der Waals surface area contributed by atoms with Crippen LogP contribution in [0.2, 0.25) is 5.02 Å². The van der Waals surface area contributed by atoms with E-state index in [0.29, 0.717) is 19.7 Å². The minimum atomic E-state index is -1.02. The molecular formula is C23H24ClF2N3O5. The van der Waals surface area contributed by atoms with Crippen LogP contribution in [0.5, 0.6) is 5.75 Å². The minimum absolute atomic E-state index is 0.0804. The zero-order chi connectivity index (χ0) is 24.8. The van der Waals surface area contributed by atoms with Gasteiger partial charge in [-0.15, -0.1) is 0 Å². The van der Waals surface area contributed by atoms with Gasteiger partial charge in [-0.1, -0.05) is 29.8 Å². The number of ether oxygens (including phenoxy) is 1. The molecule has 2 heterocycles. The molecular weight excluding hydrogens is 472 g/mol. The molecule has 2 aromatic rings. The maximum absolute atomic E-state index is 14.0. The van der Waals surface area contributed by atoms with E-state index in [1.165, 1.54) is 15.7 Å². The largest absolute Gasteiger partial charge is 0.503 e. The van der Waals surface area contributed by atoms with Crippen molar-refractivity contribution in [1.29, 1.82) is 0 Å². The van der Waals surface area contributed by atoms with E-state index in [-0.39, 0.29) is 24.3 Å². The van der Waals surface area contributed by atoms with E-state index in [9.17, 15) is 28.3 Å².